The number of aromatic nitrogens is 2. The lowest BCUT2D eigenvalue weighted by molar-refractivity contribution is 0.191. The van der Waals surface area contributed by atoms with E-state index in [-0.39, 0.29) is 12.1 Å². The van der Waals surface area contributed by atoms with Gasteiger partial charge in [0.2, 0.25) is 5.89 Å². The molecule has 0 amide bonds. The minimum Gasteiger partial charge on any atom is -0.392 e. The van der Waals surface area contributed by atoms with Crippen molar-refractivity contribution in [1.29, 1.82) is 0 Å². The molecule has 2 N–H and O–H groups in total. The van der Waals surface area contributed by atoms with Crippen molar-refractivity contribution < 1.29 is 9.63 Å². The van der Waals surface area contributed by atoms with E-state index in [1.54, 1.807) is 0 Å². The van der Waals surface area contributed by atoms with Crippen molar-refractivity contribution >= 4 is 0 Å². The van der Waals surface area contributed by atoms with Crippen molar-refractivity contribution in [2.75, 3.05) is 26.2 Å². The van der Waals surface area contributed by atoms with Gasteiger partial charge in [0.05, 0.1) is 12.1 Å². The Hall–Kier alpha value is -0.980. The van der Waals surface area contributed by atoms with Gasteiger partial charge in [-0.25, -0.2) is 0 Å². The van der Waals surface area contributed by atoms with E-state index in [1.165, 1.54) is 0 Å². The lowest BCUT2D eigenvalue weighted by atomic mass is 10.2. The highest BCUT2D eigenvalue weighted by Crippen LogP contribution is 2.21. The third kappa shape index (κ3) is 3.28. The van der Waals surface area contributed by atoms with Crippen molar-refractivity contribution in [3.63, 3.8) is 0 Å². The summed E-state index contributed by atoms with van der Waals surface area (Å²) in [6.45, 7) is 7.92. The highest BCUT2D eigenvalue weighted by atomic mass is 16.5. The van der Waals surface area contributed by atoms with Crippen LogP contribution in [0.1, 0.15) is 38.0 Å². The molecular weight excluding hydrogens is 232 g/mol. The molecule has 6 nitrogen and oxygen atoms in total. The van der Waals surface area contributed by atoms with E-state index < -0.39 is 0 Å². The second-order valence-corrected chi connectivity index (χ2v) is 4.68. The first-order valence-corrected chi connectivity index (χ1v) is 6.69. The molecule has 0 aromatic carbocycles. The Labute approximate surface area is 107 Å². The van der Waals surface area contributed by atoms with E-state index in [1.807, 2.05) is 0 Å². The summed E-state index contributed by atoms with van der Waals surface area (Å²) in [5.41, 5.74) is 0. The van der Waals surface area contributed by atoms with Crippen molar-refractivity contribution in [2.45, 2.75) is 38.8 Å². The summed E-state index contributed by atoms with van der Waals surface area (Å²) < 4.78 is 5.24. The molecule has 0 spiro atoms. The van der Waals surface area contributed by atoms with Crippen molar-refractivity contribution in [2.24, 2.45) is 0 Å². The lowest BCUT2D eigenvalue weighted by Crippen LogP contribution is -2.25. The number of rotatable bonds is 6. The Morgan fingerprint density at radius 2 is 2.22 bits per heavy atom. The SMILES string of the molecule is CCN(CC)CCc1noc([C@@H]2C[C@H](O)CN2)n1. The average Bonchev–Trinajstić information content (AvgIpc) is 2.99. The first kappa shape index (κ1) is 13.5. The molecule has 2 heterocycles. The molecule has 18 heavy (non-hydrogen) atoms. The number of hydrogen-bond acceptors (Lipinski definition) is 6. The van der Waals surface area contributed by atoms with Crippen LogP contribution in [0.15, 0.2) is 4.52 Å². The predicted octanol–water partition coefficient (Wildman–Crippen LogP) is 0.349. The Bertz CT molecular complexity index is 365. The number of nitrogens with one attached hydrogen (secondary N) is 1. The van der Waals surface area contributed by atoms with Gasteiger partial charge in [0, 0.05) is 19.5 Å². The molecule has 0 saturated carbocycles. The molecule has 1 fully saturated rings. The summed E-state index contributed by atoms with van der Waals surface area (Å²) in [5.74, 6) is 1.35. The summed E-state index contributed by atoms with van der Waals surface area (Å²) >= 11 is 0. The van der Waals surface area contributed by atoms with Crippen LogP contribution in [0.3, 0.4) is 0 Å². The number of likely N-dealkylation sites (N-methyl/N-ethyl adjacent to an activating group) is 1. The minimum absolute atomic E-state index is 0.00898. The van der Waals surface area contributed by atoms with Gasteiger partial charge in [-0.05, 0) is 19.5 Å². The van der Waals surface area contributed by atoms with E-state index in [4.69, 9.17) is 4.52 Å². The number of nitrogens with zero attached hydrogens (tertiary/aromatic N) is 3. The molecule has 0 radical (unpaired) electrons. The zero-order valence-electron chi connectivity index (χ0n) is 11.1. The fourth-order valence-electron chi connectivity index (χ4n) is 2.21. The molecule has 1 aliphatic rings. The zero-order valence-corrected chi connectivity index (χ0v) is 11.1. The van der Waals surface area contributed by atoms with Crippen LogP contribution in [-0.2, 0) is 6.42 Å². The molecule has 6 heteroatoms. The van der Waals surface area contributed by atoms with Crippen molar-refractivity contribution in [1.82, 2.24) is 20.4 Å². The molecule has 2 atom stereocenters. The predicted molar refractivity (Wildman–Crippen MR) is 67.2 cm³/mol. The molecule has 0 aliphatic carbocycles. The fraction of sp³-hybridized carbons (Fsp3) is 0.833. The molecule has 0 unspecified atom stereocenters. The third-order valence-electron chi connectivity index (χ3n) is 3.44. The largest absolute Gasteiger partial charge is 0.392 e. The Morgan fingerprint density at radius 1 is 1.44 bits per heavy atom. The minimum atomic E-state index is -0.305. The van der Waals surface area contributed by atoms with Crippen LogP contribution in [0.4, 0.5) is 0 Å². The third-order valence-corrected chi connectivity index (χ3v) is 3.44. The maximum atomic E-state index is 9.45. The second-order valence-electron chi connectivity index (χ2n) is 4.68. The first-order valence-electron chi connectivity index (χ1n) is 6.69. The smallest absolute Gasteiger partial charge is 0.243 e. The lowest BCUT2D eigenvalue weighted by Gasteiger charge is -2.16. The van der Waals surface area contributed by atoms with Crippen LogP contribution in [0, 0.1) is 0 Å². The fourth-order valence-corrected chi connectivity index (χ4v) is 2.21. The van der Waals surface area contributed by atoms with Gasteiger partial charge in [0.1, 0.15) is 0 Å². The summed E-state index contributed by atoms with van der Waals surface area (Å²) in [7, 11) is 0. The van der Waals surface area contributed by atoms with Gasteiger partial charge in [0.25, 0.3) is 0 Å². The van der Waals surface area contributed by atoms with Gasteiger partial charge in [-0.1, -0.05) is 19.0 Å². The number of aliphatic hydroxyl groups is 1. The zero-order chi connectivity index (χ0) is 13.0. The Balaban J connectivity index is 1.86. The maximum absolute atomic E-state index is 9.45. The summed E-state index contributed by atoms with van der Waals surface area (Å²) in [6, 6.07) is 0.00898. The molecule has 1 aromatic rings. The summed E-state index contributed by atoms with van der Waals surface area (Å²) in [4.78, 5) is 6.72. The van der Waals surface area contributed by atoms with Crippen LogP contribution in [0.2, 0.25) is 0 Å². The number of hydrogen-bond donors (Lipinski definition) is 2. The topological polar surface area (TPSA) is 74.4 Å². The van der Waals surface area contributed by atoms with Gasteiger partial charge in [-0.2, -0.15) is 4.98 Å². The molecule has 1 aliphatic heterocycles. The maximum Gasteiger partial charge on any atom is 0.243 e. The number of aliphatic hydroxyl groups excluding tert-OH is 1. The molecule has 0 bridgehead atoms. The summed E-state index contributed by atoms with van der Waals surface area (Å²) in [5, 5.41) is 16.6. The quantitative estimate of drug-likeness (QED) is 0.763. The highest BCUT2D eigenvalue weighted by Gasteiger charge is 2.27. The van der Waals surface area contributed by atoms with Crippen LogP contribution >= 0.6 is 0 Å². The van der Waals surface area contributed by atoms with E-state index in [9.17, 15) is 5.11 Å². The van der Waals surface area contributed by atoms with Gasteiger partial charge < -0.3 is 19.8 Å². The average molecular weight is 254 g/mol. The monoisotopic (exact) mass is 254 g/mol. The number of β-amino-alcohol motifs (C(OH)–C–C–N with tert-alkyl or cyclic N) is 1. The van der Waals surface area contributed by atoms with Crippen LogP contribution in [-0.4, -0.2) is 52.4 Å². The second kappa shape index (κ2) is 6.26. The molecule has 102 valence electrons. The van der Waals surface area contributed by atoms with E-state index in [0.29, 0.717) is 18.9 Å². The van der Waals surface area contributed by atoms with Crippen molar-refractivity contribution in [3.8, 4) is 0 Å². The Kier molecular flexibility index (Phi) is 4.68. The van der Waals surface area contributed by atoms with Crippen LogP contribution in [0.25, 0.3) is 0 Å². The molecular formula is C12H22N4O2. The summed E-state index contributed by atoms with van der Waals surface area (Å²) in [6.07, 6.45) is 1.15. The Morgan fingerprint density at radius 3 is 2.83 bits per heavy atom. The van der Waals surface area contributed by atoms with E-state index in [2.05, 4.69) is 34.2 Å². The molecule has 2 rings (SSSR count). The van der Waals surface area contributed by atoms with E-state index >= 15 is 0 Å². The van der Waals surface area contributed by atoms with Crippen molar-refractivity contribution in [3.05, 3.63) is 11.7 Å². The van der Waals surface area contributed by atoms with Gasteiger partial charge in [-0.3, -0.25) is 0 Å². The van der Waals surface area contributed by atoms with Gasteiger partial charge in [0.15, 0.2) is 5.82 Å². The van der Waals surface area contributed by atoms with E-state index in [0.717, 1.165) is 31.9 Å². The van der Waals surface area contributed by atoms with Crippen LogP contribution in [0.5, 0.6) is 0 Å². The molecule has 1 aromatic heterocycles. The van der Waals surface area contributed by atoms with Crippen LogP contribution < -0.4 is 5.32 Å². The molecule has 1 saturated heterocycles. The normalized spacial score (nSPS) is 24.0. The first-order chi connectivity index (χ1) is 8.72. The van der Waals surface area contributed by atoms with Gasteiger partial charge in [-0.15, -0.1) is 0 Å². The standard InChI is InChI=1S/C12H22N4O2/c1-3-16(4-2)6-5-11-14-12(18-15-11)10-7-9(17)8-13-10/h9-10,13,17H,3-8H2,1-2H3/t9-,10-/m0/s1. The van der Waals surface area contributed by atoms with Gasteiger partial charge >= 0.3 is 0 Å². The highest BCUT2D eigenvalue weighted by molar-refractivity contribution is 4.97.